The molecule has 3 atom stereocenters. The van der Waals surface area contributed by atoms with Crippen LogP contribution < -0.4 is 10.6 Å². The molecule has 5 aromatic rings. The number of anilines is 1. The van der Waals surface area contributed by atoms with E-state index in [-0.39, 0.29) is 37.2 Å². The van der Waals surface area contributed by atoms with Crippen molar-refractivity contribution in [2.75, 3.05) is 25.6 Å². The maximum atomic E-state index is 15.3. The van der Waals surface area contributed by atoms with Crippen molar-refractivity contribution in [3.63, 3.8) is 0 Å². The number of aromatic nitrogens is 3. The van der Waals surface area contributed by atoms with E-state index in [0.717, 1.165) is 18.8 Å². The van der Waals surface area contributed by atoms with Gasteiger partial charge in [0.05, 0.1) is 55.5 Å². The number of halogens is 3. The van der Waals surface area contributed by atoms with Gasteiger partial charge in [-0.1, -0.05) is 36.4 Å². The number of fused-ring (bicyclic) bond motifs is 1. The maximum Gasteiger partial charge on any atom is 0.408 e. The summed E-state index contributed by atoms with van der Waals surface area (Å²) in [4.78, 5) is 51.6. The van der Waals surface area contributed by atoms with Crippen LogP contribution in [0.2, 0.25) is 0 Å². The average molecular weight is 703 g/mol. The molecule has 0 saturated carbocycles. The van der Waals surface area contributed by atoms with Crippen LogP contribution in [0.3, 0.4) is 0 Å². The van der Waals surface area contributed by atoms with E-state index in [1.54, 1.807) is 0 Å². The van der Waals surface area contributed by atoms with E-state index >= 15 is 4.39 Å². The Morgan fingerprint density at radius 2 is 1.67 bits per heavy atom. The van der Waals surface area contributed by atoms with Crippen LogP contribution in [0.25, 0.3) is 11.0 Å². The van der Waals surface area contributed by atoms with Crippen LogP contribution in [0.5, 0.6) is 0 Å². The summed E-state index contributed by atoms with van der Waals surface area (Å²) in [6.07, 6.45) is -0.313. The molecule has 3 unspecified atom stereocenters. The van der Waals surface area contributed by atoms with Crippen molar-refractivity contribution >= 4 is 34.8 Å². The first-order valence-electron chi connectivity index (χ1n) is 16.0. The lowest BCUT2D eigenvalue weighted by Crippen LogP contribution is -2.48. The molecule has 3 aromatic carbocycles. The monoisotopic (exact) mass is 702 g/mol. The zero-order valence-electron chi connectivity index (χ0n) is 27.2. The van der Waals surface area contributed by atoms with Crippen molar-refractivity contribution in [3.05, 3.63) is 125 Å². The number of hydrogen-bond acceptors (Lipinski definition) is 7. The van der Waals surface area contributed by atoms with Gasteiger partial charge >= 0.3 is 12.2 Å². The number of nitrogens with zero attached hydrogens (tertiary/aromatic N) is 3. The number of imidazole rings is 1. The molecule has 15 heteroatoms. The summed E-state index contributed by atoms with van der Waals surface area (Å²) in [6.45, 7) is -0.0121. The SMILES string of the molecule is COC(=O)NC(C(=O)Nc1cncc(F)c1CCC1CN(C(=O)O)C(c2nc3ccccc3[nH]2)CO1)C(c1ccc(F)cc1)c1ccc(F)cc1. The molecule has 3 amide bonds. The van der Waals surface area contributed by atoms with Crippen LogP contribution >= 0.6 is 0 Å². The summed E-state index contributed by atoms with van der Waals surface area (Å²) in [7, 11) is 1.11. The van der Waals surface area contributed by atoms with Crippen molar-refractivity contribution in [1.29, 1.82) is 0 Å². The van der Waals surface area contributed by atoms with E-state index in [1.165, 1.54) is 59.6 Å². The van der Waals surface area contributed by atoms with Gasteiger partial charge in [-0.15, -0.1) is 0 Å². The zero-order chi connectivity index (χ0) is 36.1. The Kier molecular flexibility index (Phi) is 10.5. The summed E-state index contributed by atoms with van der Waals surface area (Å²) in [5, 5.41) is 15.2. The highest BCUT2D eigenvalue weighted by Gasteiger charge is 2.36. The topological polar surface area (TPSA) is 159 Å². The number of pyridine rings is 1. The number of alkyl carbamates (subject to hydrolysis) is 1. The second-order valence-corrected chi connectivity index (χ2v) is 11.9. The number of amides is 3. The second kappa shape index (κ2) is 15.3. The van der Waals surface area contributed by atoms with E-state index in [4.69, 9.17) is 9.47 Å². The number of rotatable bonds is 10. The van der Waals surface area contributed by atoms with E-state index in [2.05, 4.69) is 25.6 Å². The van der Waals surface area contributed by atoms with Gasteiger partial charge in [0.1, 0.15) is 35.4 Å². The largest absolute Gasteiger partial charge is 0.465 e. The molecule has 6 rings (SSSR count). The first-order valence-corrected chi connectivity index (χ1v) is 16.0. The minimum atomic E-state index is -1.41. The fourth-order valence-corrected chi connectivity index (χ4v) is 6.20. The van der Waals surface area contributed by atoms with Crippen molar-refractivity contribution in [1.82, 2.24) is 25.2 Å². The Balaban J connectivity index is 1.22. The third-order valence-electron chi connectivity index (χ3n) is 8.75. The number of ether oxygens (including phenoxy) is 2. The van der Waals surface area contributed by atoms with E-state index in [9.17, 15) is 28.3 Å². The highest BCUT2D eigenvalue weighted by molar-refractivity contribution is 5.98. The minimum Gasteiger partial charge on any atom is -0.465 e. The Hall–Kier alpha value is -5.96. The summed E-state index contributed by atoms with van der Waals surface area (Å²) in [5.74, 6) is -3.12. The normalized spacial score (nSPS) is 16.5. The second-order valence-electron chi connectivity index (χ2n) is 11.9. The number of hydrogen-bond donors (Lipinski definition) is 4. The predicted molar refractivity (Wildman–Crippen MR) is 178 cm³/mol. The molecule has 1 saturated heterocycles. The molecule has 4 N–H and O–H groups in total. The summed E-state index contributed by atoms with van der Waals surface area (Å²) in [5.41, 5.74) is 2.34. The van der Waals surface area contributed by atoms with Crippen LogP contribution in [0.4, 0.5) is 28.4 Å². The number of nitrogens with one attached hydrogen (secondary N) is 3. The van der Waals surface area contributed by atoms with Gasteiger partial charge in [-0.25, -0.2) is 27.7 Å². The molecule has 12 nitrogen and oxygen atoms in total. The molecule has 3 heterocycles. The molecule has 0 radical (unpaired) electrons. The number of para-hydroxylation sites is 2. The molecule has 264 valence electrons. The Morgan fingerprint density at radius 1 is 1.00 bits per heavy atom. The molecule has 1 aliphatic heterocycles. The molecular weight excluding hydrogens is 669 g/mol. The van der Waals surface area contributed by atoms with Crippen LogP contribution in [-0.4, -0.2) is 75.5 Å². The van der Waals surface area contributed by atoms with Crippen molar-refractivity contribution in [3.8, 4) is 0 Å². The quantitative estimate of drug-likeness (QED) is 0.140. The lowest BCUT2D eigenvalue weighted by Gasteiger charge is -2.37. The van der Waals surface area contributed by atoms with Crippen molar-refractivity contribution in [2.24, 2.45) is 0 Å². The number of morpholine rings is 1. The third kappa shape index (κ3) is 7.94. The van der Waals surface area contributed by atoms with Gasteiger partial charge in [-0.05, 0) is 60.4 Å². The highest BCUT2D eigenvalue weighted by Crippen LogP contribution is 2.32. The number of carbonyl (C=O) groups excluding carboxylic acids is 2. The summed E-state index contributed by atoms with van der Waals surface area (Å²) < 4.78 is 54.0. The molecule has 0 bridgehead atoms. The molecule has 1 fully saturated rings. The maximum absolute atomic E-state index is 15.3. The van der Waals surface area contributed by atoms with Gasteiger partial charge in [-0.2, -0.15) is 0 Å². The number of aromatic amines is 1. The van der Waals surface area contributed by atoms with E-state index in [1.807, 2.05) is 24.3 Å². The highest BCUT2D eigenvalue weighted by atomic mass is 19.1. The summed E-state index contributed by atoms with van der Waals surface area (Å²) in [6, 6.07) is 15.7. The smallest absolute Gasteiger partial charge is 0.408 e. The fraction of sp³-hybridized carbons (Fsp3) is 0.250. The molecule has 2 aromatic heterocycles. The number of carboxylic acid groups (broad SMARTS) is 1. The van der Waals surface area contributed by atoms with Crippen molar-refractivity contribution < 1.29 is 42.1 Å². The minimum absolute atomic E-state index is 0.000296. The van der Waals surface area contributed by atoms with Gasteiger partial charge < -0.3 is 30.2 Å². The molecule has 0 aliphatic carbocycles. The number of H-pyrrole nitrogens is 1. The molecular formula is C36H33F3N6O6. The molecule has 0 spiro atoms. The molecule has 1 aliphatic rings. The Labute approximate surface area is 289 Å². The standard InChI is InChI=1S/C36H33F3N6O6/c1-50-35(47)44-32(31(20-6-10-22(37)11-7-20)21-8-12-23(38)13-9-21)34(46)43-29-17-40-16-26(39)25(29)15-14-24-18-45(36(48)49)30(19-51-24)33-41-27-4-2-3-5-28(27)42-33/h2-13,16-17,24,30-32H,14-15,18-19H2,1H3,(H,41,42)(H,43,46)(H,44,47)(H,48,49). The third-order valence-corrected chi connectivity index (χ3v) is 8.75. The number of carbonyl (C=O) groups is 3. The first-order chi connectivity index (χ1) is 24.6. The molecule has 51 heavy (non-hydrogen) atoms. The van der Waals surface area contributed by atoms with E-state index in [0.29, 0.717) is 22.5 Å². The Morgan fingerprint density at radius 3 is 2.29 bits per heavy atom. The average Bonchev–Trinajstić information content (AvgIpc) is 3.56. The van der Waals surface area contributed by atoms with Gasteiger partial charge in [0, 0.05) is 11.5 Å². The van der Waals surface area contributed by atoms with Crippen LogP contribution in [0.1, 0.15) is 40.9 Å². The lowest BCUT2D eigenvalue weighted by molar-refractivity contribution is -0.118. The van der Waals surface area contributed by atoms with Crippen LogP contribution in [0, 0.1) is 17.5 Å². The Bertz CT molecular complexity index is 1950. The van der Waals surface area contributed by atoms with Gasteiger partial charge in [0.2, 0.25) is 5.91 Å². The van der Waals surface area contributed by atoms with Crippen LogP contribution in [0.15, 0.2) is 85.2 Å². The van der Waals surface area contributed by atoms with Crippen molar-refractivity contribution in [2.45, 2.75) is 36.9 Å². The first kappa shape index (κ1) is 34.9. The van der Waals surface area contributed by atoms with Gasteiger partial charge in [-0.3, -0.25) is 14.7 Å². The van der Waals surface area contributed by atoms with E-state index < -0.39 is 59.7 Å². The van der Waals surface area contributed by atoms with Gasteiger partial charge in [0.25, 0.3) is 0 Å². The number of benzene rings is 3. The summed E-state index contributed by atoms with van der Waals surface area (Å²) >= 11 is 0. The zero-order valence-corrected chi connectivity index (χ0v) is 27.2. The van der Waals surface area contributed by atoms with Gasteiger partial charge in [0.15, 0.2) is 0 Å². The fourth-order valence-electron chi connectivity index (χ4n) is 6.20. The van der Waals surface area contributed by atoms with Crippen LogP contribution in [-0.2, 0) is 20.7 Å². The lowest BCUT2D eigenvalue weighted by atomic mass is 9.84. The predicted octanol–water partition coefficient (Wildman–Crippen LogP) is 5.92. The number of methoxy groups -OCH3 is 1.